The fourth-order valence-electron chi connectivity index (χ4n) is 6.49. The van der Waals surface area contributed by atoms with Gasteiger partial charge in [0.2, 0.25) is 0 Å². The monoisotopic (exact) mass is 763 g/mol. The van der Waals surface area contributed by atoms with E-state index in [1.807, 2.05) is 7.05 Å². The molecule has 0 aliphatic carbocycles. The third-order valence-corrected chi connectivity index (χ3v) is 11.7. The number of esters is 2. The van der Waals surface area contributed by atoms with Gasteiger partial charge in [-0.1, -0.05) is 39.3 Å². The van der Waals surface area contributed by atoms with Crippen LogP contribution in [0, 0.1) is 17.3 Å². The molecule has 296 valence electrons. The number of alkyl halides is 3. The van der Waals surface area contributed by atoms with E-state index in [0.717, 1.165) is 18.7 Å². The standard InChI is InChI=1S/C37H56F3NO10S/c1-25-13-11-20-48-35(44)27(3)28(50-33-23-26(2)41(6)19-21-47-33)14-7-8-16-30(34(25)43)49-32(42)24-36(4,5)18-12-22-52(45,46)31-17-10-9-15-29(31)51-37(38,39)40/h9-10,15,17,25-28,30,33H,7-8,11-14,16,18-24H2,1-6H3/t25-,26?,27-,28+,30?,33+/m1/s1. The molecule has 2 aliphatic rings. The van der Waals surface area contributed by atoms with Crippen molar-refractivity contribution < 1.29 is 59.7 Å². The number of hydrogen-bond donors (Lipinski definition) is 0. The quantitative estimate of drug-likeness (QED) is 0.224. The number of ether oxygens (including phenoxy) is 5. The van der Waals surface area contributed by atoms with Crippen molar-refractivity contribution in [1.29, 1.82) is 0 Å². The predicted molar refractivity (Wildman–Crippen MR) is 186 cm³/mol. The van der Waals surface area contributed by atoms with Gasteiger partial charge in [-0.15, -0.1) is 13.2 Å². The Kier molecular flexibility index (Phi) is 16.4. The zero-order valence-corrected chi connectivity index (χ0v) is 32.1. The Morgan fingerprint density at radius 2 is 1.69 bits per heavy atom. The molecular weight excluding hydrogens is 707 g/mol. The topological polar surface area (TPSA) is 135 Å². The number of likely N-dealkylation sites (N-methyl/N-ethyl adjacent to an activating group) is 1. The van der Waals surface area contributed by atoms with Gasteiger partial charge in [0.1, 0.15) is 10.6 Å². The van der Waals surface area contributed by atoms with Gasteiger partial charge in [0.05, 0.1) is 37.4 Å². The lowest BCUT2D eigenvalue weighted by Gasteiger charge is -2.29. The molecule has 15 heteroatoms. The second-order valence-electron chi connectivity index (χ2n) is 15.0. The van der Waals surface area contributed by atoms with Crippen LogP contribution in [-0.4, -0.2) is 94.5 Å². The number of sulfone groups is 1. The first-order chi connectivity index (χ1) is 24.3. The number of halogens is 3. The van der Waals surface area contributed by atoms with Crippen LogP contribution in [0.2, 0.25) is 0 Å². The number of rotatable bonds is 11. The third kappa shape index (κ3) is 14.2. The van der Waals surface area contributed by atoms with Crippen molar-refractivity contribution in [2.75, 3.05) is 32.6 Å². The fraction of sp³-hybridized carbons (Fsp3) is 0.757. The zero-order chi connectivity index (χ0) is 38.7. The van der Waals surface area contributed by atoms with Gasteiger partial charge < -0.3 is 28.6 Å². The first-order valence-electron chi connectivity index (χ1n) is 18.2. The molecule has 6 atom stereocenters. The molecule has 1 aromatic carbocycles. The predicted octanol–water partition coefficient (Wildman–Crippen LogP) is 6.66. The number of para-hydroxylation sites is 1. The van der Waals surface area contributed by atoms with Crippen molar-refractivity contribution in [3.8, 4) is 5.75 Å². The van der Waals surface area contributed by atoms with E-state index < -0.39 is 74.3 Å². The molecule has 0 aromatic heterocycles. The highest BCUT2D eigenvalue weighted by Crippen LogP contribution is 2.33. The number of nitrogens with zero attached hydrogens (tertiary/aromatic N) is 1. The molecular formula is C37H56F3NO10S. The molecule has 11 nitrogen and oxygen atoms in total. The third-order valence-electron chi connectivity index (χ3n) is 9.90. The summed E-state index contributed by atoms with van der Waals surface area (Å²) >= 11 is 0. The van der Waals surface area contributed by atoms with Crippen molar-refractivity contribution in [1.82, 2.24) is 4.90 Å². The van der Waals surface area contributed by atoms with Gasteiger partial charge in [-0.3, -0.25) is 14.4 Å². The van der Waals surface area contributed by atoms with E-state index in [0.29, 0.717) is 51.6 Å². The average molecular weight is 764 g/mol. The summed E-state index contributed by atoms with van der Waals surface area (Å²) in [4.78, 5) is 41.3. The average Bonchev–Trinajstić information content (AvgIpc) is 3.20. The largest absolute Gasteiger partial charge is 0.573 e. The Bertz CT molecular complexity index is 1440. The van der Waals surface area contributed by atoms with Crippen molar-refractivity contribution in [3.05, 3.63) is 24.3 Å². The van der Waals surface area contributed by atoms with Crippen molar-refractivity contribution in [3.63, 3.8) is 0 Å². The van der Waals surface area contributed by atoms with Gasteiger partial charge in [-0.25, -0.2) is 8.42 Å². The highest BCUT2D eigenvalue weighted by Gasteiger charge is 2.36. The number of Topliss-reactive ketones (excluding diaryl/α,β-unsaturated/α-hetero) is 1. The highest BCUT2D eigenvalue weighted by atomic mass is 32.2. The van der Waals surface area contributed by atoms with Gasteiger partial charge in [-0.05, 0) is 83.4 Å². The second-order valence-corrected chi connectivity index (χ2v) is 17.0. The molecule has 2 heterocycles. The summed E-state index contributed by atoms with van der Waals surface area (Å²) in [6.45, 7) is 10.6. The Labute approximate surface area is 306 Å². The van der Waals surface area contributed by atoms with Crippen LogP contribution in [0.4, 0.5) is 13.2 Å². The molecule has 0 saturated carbocycles. The summed E-state index contributed by atoms with van der Waals surface area (Å²) in [6.07, 6.45) is -3.30. The molecule has 2 saturated heterocycles. The minimum Gasteiger partial charge on any atom is -0.465 e. The summed E-state index contributed by atoms with van der Waals surface area (Å²) in [5, 5.41) is 0. The SMILES string of the molecule is CC1C[C@H](O[C@H]2CCCCC(OC(=O)CC(C)(C)CCCS(=O)(=O)c3ccccc3OC(F)(F)F)C(=O)[C@H](C)CCCOC(=O)[C@@H]2C)OCCN1C. The van der Waals surface area contributed by atoms with Crippen LogP contribution >= 0.6 is 0 Å². The first-order valence-corrected chi connectivity index (χ1v) is 19.9. The Hall–Kier alpha value is -2.75. The van der Waals surface area contributed by atoms with E-state index in [2.05, 4.69) is 16.6 Å². The van der Waals surface area contributed by atoms with Crippen LogP contribution in [0.5, 0.6) is 5.75 Å². The molecule has 0 amide bonds. The van der Waals surface area contributed by atoms with Crippen molar-refractivity contribution >= 4 is 27.6 Å². The molecule has 2 fully saturated rings. The van der Waals surface area contributed by atoms with Gasteiger partial charge in [0, 0.05) is 24.9 Å². The molecule has 3 rings (SSSR count). The normalized spacial score (nSPS) is 26.9. The maximum Gasteiger partial charge on any atom is 0.573 e. The highest BCUT2D eigenvalue weighted by molar-refractivity contribution is 7.91. The maximum atomic E-state index is 13.5. The van der Waals surface area contributed by atoms with Gasteiger partial charge in [0.15, 0.2) is 28.0 Å². The van der Waals surface area contributed by atoms with E-state index in [1.54, 1.807) is 27.7 Å². The number of cyclic esters (lactones) is 1. The molecule has 52 heavy (non-hydrogen) atoms. The summed E-state index contributed by atoms with van der Waals surface area (Å²) in [7, 11) is -2.10. The smallest absolute Gasteiger partial charge is 0.465 e. The lowest BCUT2D eigenvalue weighted by Crippen LogP contribution is -2.36. The van der Waals surface area contributed by atoms with Gasteiger partial charge in [0.25, 0.3) is 0 Å². The van der Waals surface area contributed by atoms with Crippen LogP contribution < -0.4 is 4.74 Å². The van der Waals surface area contributed by atoms with Crippen LogP contribution in [-0.2, 0) is 43.2 Å². The van der Waals surface area contributed by atoms with Crippen LogP contribution in [0.3, 0.4) is 0 Å². The van der Waals surface area contributed by atoms with E-state index in [9.17, 15) is 36.0 Å². The minimum absolute atomic E-state index is 0.0656. The summed E-state index contributed by atoms with van der Waals surface area (Å²) in [5.74, 6) is -3.40. The zero-order valence-electron chi connectivity index (χ0n) is 31.2. The molecule has 2 aliphatic heterocycles. The minimum atomic E-state index is -5.05. The van der Waals surface area contributed by atoms with Gasteiger partial charge in [-0.2, -0.15) is 0 Å². The van der Waals surface area contributed by atoms with E-state index >= 15 is 0 Å². The molecule has 0 bridgehead atoms. The fourth-order valence-corrected chi connectivity index (χ4v) is 7.93. The van der Waals surface area contributed by atoms with Crippen molar-refractivity contribution in [2.24, 2.45) is 17.3 Å². The Morgan fingerprint density at radius 1 is 1.00 bits per heavy atom. The molecule has 0 N–H and O–H groups in total. The number of hydrogen-bond acceptors (Lipinski definition) is 11. The van der Waals surface area contributed by atoms with Crippen LogP contribution in [0.1, 0.15) is 98.8 Å². The summed E-state index contributed by atoms with van der Waals surface area (Å²) in [6, 6.07) is 4.81. The van der Waals surface area contributed by atoms with E-state index in [4.69, 9.17) is 18.9 Å². The van der Waals surface area contributed by atoms with E-state index in [1.165, 1.54) is 12.1 Å². The number of carbonyl (C=O) groups is 3. The summed E-state index contributed by atoms with van der Waals surface area (Å²) in [5.41, 5.74) is -0.734. The molecule has 0 spiro atoms. The lowest BCUT2D eigenvalue weighted by molar-refractivity contribution is -0.275. The maximum absolute atomic E-state index is 13.5. The second kappa shape index (κ2) is 19.5. The first kappa shape index (κ1) is 43.7. The van der Waals surface area contributed by atoms with Crippen LogP contribution in [0.25, 0.3) is 0 Å². The molecule has 0 radical (unpaired) electrons. The molecule has 1 aromatic rings. The molecule has 2 unspecified atom stereocenters. The number of benzene rings is 1. The lowest BCUT2D eigenvalue weighted by atomic mass is 9.84. The Balaban J connectivity index is 1.61. The van der Waals surface area contributed by atoms with Crippen molar-refractivity contribution in [2.45, 2.75) is 135 Å². The van der Waals surface area contributed by atoms with Gasteiger partial charge >= 0.3 is 18.3 Å². The van der Waals surface area contributed by atoms with Crippen LogP contribution in [0.15, 0.2) is 29.2 Å². The number of ketones is 1. The Morgan fingerprint density at radius 3 is 2.40 bits per heavy atom. The van der Waals surface area contributed by atoms with E-state index in [-0.39, 0.29) is 43.7 Å². The summed E-state index contributed by atoms with van der Waals surface area (Å²) < 4.78 is 92.0. The number of carbonyl (C=O) groups excluding carboxylic acids is 3.